The summed E-state index contributed by atoms with van der Waals surface area (Å²) >= 11 is 5.98. The van der Waals surface area contributed by atoms with E-state index >= 15 is 0 Å². The molecule has 148 valence electrons. The van der Waals surface area contributed by atoms with E-state index in [1.807, 2.05) is 54.6 Å². The summed E-state index contributed by atoms with van der Waals surface area (Å²) < 4.78 is 5.22. The van der Waals surface area contributed by atoms with Crippen molar-refractivity contribution in [1.29, 1.82) is 0 Å². The number of nitrogens with zero attached hydrogens (tertiary/aromatic N) is 1. The second kappa shape index (κ2) is 8.95. The molecule has 2 aromatic carbocycles. The fourth-order valence-corrected chi connectivity index (χ4v) is 4.07. The predicted molar refractivity (Wildman–Crippen MR) is 110 cm³/mol. The molecule has 2 fully saturated rings. The van der Waals surface area contributed by atoms with Crippen LogP contribution in [0.25, 0.3) is 0 Å². The van der Waals surface area contributed by atoms with Gasteiger partial charge in [0.1, 0.15) is 6.61 Å². The van der Waals surface area contributed by atoms with Crippen molar-refractivity contribution >= 4 is 36.0 Å². The molecule has 0 saturated carbocycles. The van der Waals surface area contributed by atoms with Crippen LogP contribution in [-0.2, 0) is 16.0 Å². The quantitative estimate of drug-likeness (QED) is 0.819. The molecule has 5 nitrogen and oxygen atoms in total. The number of amides is 2. The van der Waals surface area contributed by atoms with Crippen molar-refractivity contribution < 1.29 is 14.3 Å². The van der Waals surface area contributed by atoms with Gasteiger partial charge in [0, 0.05) is 24.0 Å². The largest absolute Gasteiger partial charge is 0.447 e. The molecule has 2 amide bonds. The maximum absolute atomic E-state index is 13.3. The lowest BCUT2D eigenvalue weighted by atomic mass is 9.87. The zero-order valence-electron chi connectivity index (χ0n) is 15.2. The van der Waals surface area contributed by atoms with E-state index in [2.05, 4.69) is 5.32 Å². The molecule has 0 aromatic heterocycles. The summed E-state index contributed by atoms with van der Waals surface area (Å²) in [6, 6.07) is 17.2. The van der Waals surface area contributed by atoms with Crippen LogP contribution < -0.4 is 5.32 Å². The minimum Gasteiger partial charge on any atom is -0.447 e. The summed E-state index contributed by atoms with van der Waals surface area (Å²) in [6.07, 6.45) is 0.0621. The lowest BCUT2D eigenvalue weighted by Gasteiger charge is -2.25. The van der Waals surface area contributed by atoms with Gasteiger partial charge in [0.25, 0.3) is 0 Å². The van der Waals surface area contributed by atoms with Crippen LogP contribution in [0.15, 0.2) is 54.6 Å². The van der Waals surface area contributed by atoms with Gasteiger partial charge in [0.15, 0.2) is 0 Å². The first-order valence-electron chi connectivity index (χ1n) is 9.13. The number of carbonyl (C=O) groups excluding carboxylic acids is 2. The number of benzene rings is 2. The third kappa shape index (κ3) is 4.17. The Morgan fingerprint density at radius 1 is 1.11 bits per heavy atom. The summed E-state index contributed by atoms with van der Waals surface area (Å²) in [6.45, 7) is 1.49. The Morgan fingerprint density at radius 3 is 2.54 bits per heavy atom. The van der Waals surface area contributed by atoms with Crippen LogP contribution >= 0.6 is 24.0 Å². The third-order valence-corrected chi connectivity index (χ3v) is 5.59. The molecule has 2 saturated heterocycles. The van der Waals surface area contributed by atoms with E-state index in [0.29, 0.717) is 24.5 Å². The zero-order valence-corrected chi connectivity index (χ0v) is 16.8. The summed E-state index contributed by atoms with van der Waals surface area (Å²) in [7, 11) is 0. The Morgan fingerprint density at radius 2 is 1.82 bits per heavy atom. The van der Waals surface area contributed by atoms with Gasteiger partial charge in [-0.3, -0.25) is 4.79 Å². The van der Waals surface area contributed by atoms with Gasteiger partial charge in [0.05, 0.1) is 12.0 Å². The van der Waals surface area contributed by atoms with Crippen LogP contribution in [0.3, 0.4) is 0 Å². The summed E-state index contributed by atoms with van der Waals surface area (Å²) in [5, 5.41) is 3.95. The smallest absolute Gasteiger partial charge is 0.416 e. The van der Waals surface area contributed by atoms with E-state index in [1.165, 1.54) is 4.90 Å². The molecule has 1 N–H and O–H groups in total. The summed E-state index contributed by atoms with van der Waals surface area (Å²) in [5.74, 6) is -0.445. The molecule has 2 aliphatic rings. The lowest BCUT2D eigenvalue weighted by Crippen LogP contribution is -2.45. The number of carbonyl (C=O) groups is 2. The third-order valence-electron chi connectivity index (χ3n) is 5.34. The fraction of sp³-hybridized carbons (Fsp3) is 0.333. The maximum atomic E-state index is 13.3. The highest BCUT2D eigenvalue weighted by Crippen LogP contribution is 2.32. The molecule has 2 heterocycles. The van der Waals surface area contributed by atoms with E-state index in [0.717, 1.165) is 11.1 Å². The Kier molecular flexibility index (Phi) is 6.60. The average Bonchev–Trinajstić information content (AvgIpc) is 3.30. The van der Waals surface area contributed by atoms with Crippen molar-refractivity contribution in [3.63, 3.8) is 0 Å². The first-order chi connectivity index (χ1) is 13.1. The van der Waals surface area contributed by atoms with Gasteiger partial charge >= 0.3 is 6.09 Å². The van der Waals surface area contributed by atoms with E-state index in [1.54, 1.807) is 0 Å². The number of halogens is 2. The number of rotatable bonds is 4. The highest BCUT2D eigenvalue weighted by Gasteiger charge is 2.44. The van der Waals surface area contributed by atoms with Crippen LogP contribution in [0, 0.1) is 5.92 Å². The zero-order chi connectivity index (χ0) is 18.8. The van der Waals surface area contributed by atoms with Gasteiger partial charge in [-0.1, -0.05) is 54.1 Å². The summed E-state index contributed by atoms with van der Waals surface area (Å²) in [5.41, 5.74) is 2.13. The molecule has 0 radical (unpaired) electrons. The molecular weight excluding hydrogens is 399 g/mol. The van der Waals surface area contributed by atoms with Crippen molar-refractivity contribution in [2.45, 2.75) is 18.4 Å². The highest BCUT2D eigenvalue weighted by atomic mass is 35.5. The minimum atomic E-state index is -0.539. The second-order valence-corrected chi connectivity index (χ2v) is 7.49. The molecule has 28 heavy (non-hydrogen) atoms. The maximum Gasteiger partial charge on any atom is 0.416 e. The molecule has 0 bridgehead atoms. The first-order valence-corrected chi connectivity index (χ1v) is 9.51. The van der Waals surface area contributed by atoms with Gasteiger partial charge in [-0.05, 0) is 29.7 Å². The SMILES string of the molecule is Cl.O=C1OC[C@@H](Cc2ccccc2)N1C(=O)[C@@H]1CNC[C@H]1c1ccc(Cl)cc1. The Bertz CT molecular complexity index is 829. The normalized spacial score (nSPS) is 24.0. The van der Waals surface area contributed by atoms with Crippen LogP contribution in [0.4, 0.5) is 4.79 Å². The van der Waals surface area contributed by atoms with E-state index in [-0.39, 0.29) is 42.8 Å². The minimum absolute atomic E-state index is 0. The Balaban J connectivity index is 0.00000225. The van der Waals surface area contributed by atoms with E-state index < -0.39 is 6.09 Å². The molecule has 0 unspecified atom stereocenters. The van der Waals surface area contributed by atoms with Crippen molar-refractivity contribution in [2.24, 2.45) is 5.92 Å². The topological polar surface area (TPSA) is 58.6 Å². The molecule has 0 aliphatic carbocycles. The number of cyclic esters (lactones) is 1. The van der Waals surface area contributed by atoms with Gasteiger partial charge in [-0.2, -0.15) is 0 Å². The Hall–Kier alpha value is -2.08. The lowest BCUT2D eigenvalue weighted by molar-refractivity contribution is -0.133. The molecule has 2 aliphatic heterocycles. The molecule has 7 heteroatoms. The van der Waals surface area contributed by atoms with E-state index in [9.17, 15) is 9.59 Å². The first kappa shape index (κ1) is 20.6. The highest BCUT2D eigenvalue weighted by molar-refractivity contribution is 6.30. The van der Waals surface area contributed by atoms with Gasteiger partial charge in [0.2, 0.25) is 5.91 Å². The van der Waals surface area contributed by atoms with Gasteiger partial charge in [-0.25, -0.2) is 9.69 Å². The monoisotopic (exact) mass is 420 g/mol. The van der Waals surface area contributed by atoms with E-state index in [4.69, 9.17) is 16.3 Å². The van der Waals surface area contributed by atoms with Crippen LogP contribution in [-0.4, -0.2) is 42.6 Å². The standard InChI is InChI=1S/C21H21ClN2O3.ClH/c22-16-8-6-15(7-9-16)18-11-23-12-19(18)20(25)24-17(13-27-21(24)26)10-14-4-2-1-3-5-14;/h1-9,17-19,23H,10-13H2;1H/t17-,18+,19-;/m1./s1. The predicted octanol–water partition coefficient (Wildman–Crippen LogP) is 3.65. The van der Waals surface area contributed by atoms with Crippen LogP contribution in [0.1, 0.15) is 17.0 Å². The van der Waals surface area contributed by atoms with Gasteiger partial charge in [-0.15, -0.1) is 12.4 Å². The van der Waals surface area contributed by atoms with Crippen molar-refractivity contribution in [3.8, 4) is 0 Å². The average molecular weight is 421 g/mol. The Labute approximate surface area is 175 Å². The second-order valence-electron chi connectivity index (χ2n) is 7.05. The summed E-state index contributed by atoms with van der Waals surface area (Å²) in [4.78, 5) is 26.9. The number of imide groups is 1. The molecule has 3 atom stereocenters. The van der Waals surface area contributed by atoms with Crippen LogP contribution in [0.5, 0.6) is 0 Å². The number of hydrogen-bond acceptors (Lipinski definition) is 4. The molecule has 4 rings (SSSR count). The van der Waals surface area contributed by atoms with Crippen molar-refractivity contribution in [2.75, 3.05) is 19.7 Å². The number of hydrogen-bond donors (Lipinski definition) is 1. The molecular formula is C21H22Cl2N2O3. The van der Waals surface area contributed by atoms with Crippen molar-refractivity contribution in [3.05, 3.63) is 70.7 Å². The fourth-order valence-electron chi connectivity index (χ4n) is 3.94. The van der Waals surface area contributed by atoms with Gasteiger partial charge < -0.3 is 10.1 Å². The molecule has 0 spiro atoms. The molecule has 2 aromatic rings. The number of nitrogens with one attached hydrogen (secondary N) is 1. The van der Waals surface area contributed by atoms with Crippen LogP contribution in [0.2, 0.25) is 5.02 Å². The number of ether oxygens (including phenoxy) is 1. The van der Waals surface area contributed by atoms with Crippen molar-refractivity contribution in [1.82, 2.24) is 10.2 Å².